The van der Waals surface area contributed by atoms with E-state index < -0.39 is 12.2 Å². The minimum atomic E-state index is -0.545. The van der Waals surface area contributed by atoms with Gasteiger partial charge in [-0.1, -0.05) is 24.3 Å². The lowest BCUT2D eigenvalue weighted by Crippen LogP contribution is -2.25. The molecule has 0 aliphatic carbocycles. The number of aliphatic hydroxyl groups is 1. The fourth-order valence-electron chi connectivity index (χ4n) is 3.26. The first-order valence-electron chi connectivity index (χ1n) is 8.50. The van der Waals surface area contributed by atoms with Gasteiger partial charge in [0.05, 0.1) is 18.8 Å². The lowest BCUT2D eigenvalue weighted by Gasteiger charge is -2.14. The molecule has 7 heteroatoms. The minimum absolute atomic E-state index is 0.216. The van der Waals surface area contributed by atoms with E-state index in [-0.39, 0.29) is 18.7 Å². The van der Waals surface area contributed by atoms with Crippen molar-refractivity contribution >= 4 is 34.3 Å². The number of hydrogen-bond acceptors (Lipinski definition) is 5. The highest BCUT2D eigenvalue weighted by Gasteiger charge is 2.31. The molecule has 0 spiro atoms. The molecule has 2 N–H and O–H groups in total. The first-order chi connectivity index (χ1) is 13.1. The number of aromatic nitrogens is 1. The third kappa shape index (κ3) is 3.20. The zero-order valence-corrected chi connectivity index (χ0v) is 15.5. The standard InChI is InChI=1S/C20H18N2O4S/c1-27-18-5-3-2-4-15(18)17-8-12-6-7-13(9-16(12)19(24)21-17)22-10-14(11-23)26-20(22)25/h2-9,14,23H,10-11H2,1H3,(H,21,24). The summed E-state index contributed by atoms with van der Waals surface area (Å²) in [5.41, 5.74) is 2.09. The minimum Gasteiger partial charge on any atom is -0.441 e. The third-order valence-electron chi connectivity index (χ3n) is 4.62. The number of fused-ring (bicyclic) bond motifs is 1. The quantitative estimate of drug-likeness (QED) is 0.677. The van der Waals surface area contributed by atoms with E-state index >= 15 is 0 Å². The molecule has 1 atom stereocenters. The second kappa shape index (κ2) is 7.09. The van der Waals surface area contributed by atoms with Gasteiger partial charge < -0.3 is 14.8 Å². The molecule has 1 aliphatic rings. The van der Waals surface area contributed by atoms with Gasteiger partial charge in [0.2, 0.25) is 0 Å². The van der Waals surface area contributed by atoms with Crippen LogP contribution < -0.4 is 10.5 Å². The van der Waals surface area contributed by atoms with Gasteiger partial charge in [-0.15, -0.1) is 11.8 Å². The van der Waals surface area contributed by atoms with Gasteiger partial charge in [0.15, 0.2) is 0 Å². The van der Waals surface area contributed by atoms with Gasteiger partial charge in [0, 0.05) is 21.5 Å². The number of rotatable bonds is 4. The highest BCUT2D eigenvalue weighted by atomic mass is 32.2. The fourth-order valence-corrected chi connectivity index (χ4v) is 3.87. The molecule has 1 saturated heterocycles. The van der Waals surface area contributed by atoms with Crippen LogP contribution in [0.15, 0.2) is 58.2 Å². The van der Waals surface area contributed by atoms with Crippen LogP contribution in [0.5, 0.6) is 0 Å². The molecule has 1 amide bonds. The molecule has 27 heavy (non-hydrogen) atoms. The number of hydrogen-bond donors (Lipinski definition) is 2. The van der Waals surface area contributed by atoms with E-state index in [1.54, 1.807) is 23.9 Å². The van der Waals surface area contributed by atoms with Crippen molar-refractivity contribution in [1.82, 2.24) is 4.98 Å². The van der Waals surface area contributed by atoms with E-state index in [9.17, 15) is 14.7 Å². The molecule has 138 valence electrons. The summed E-state index contributed by atoms with van der Waals surface area (Å²) in [5, 5.41) is 10.5. The van der Waals surface area contributed by atoms with Gasteiger partial charge in [0.1, 0.15) is 6.10 Å². The van der Waals surface area contributed by atoms with Crippen LogP contribution in [0.3, 0.4) is 0 Å². The third-order valence-corrected chi connectivity index (χ3v) is 5.41. The Hall–Kier alpha value is -2.77. The Kier molecular flexibility index (Phi) is 4.63. The van der Waals surface area contributed by atoms with Crippen LogP contribution >= 0.6 is 11.8 Å². The van der Waals surface area contributed by atoms with E-state index in [1.807, 2.05) is 42.7 Å². The van der Waals surface area contributed by atoms with Crippen LogP contribution in [-0.4, -0.2) is 41.7 Å². The average molecular weight is 382 g/mol. The topological polar surface area (TPSA) is 82.6 Å². The Bertz CT molecular complexity index is 1080. The molecule has 1 aliphatic heterocycles. The van der Waals surface area contributed by atoms with Gasteiger partial charge in [-0.25, -0.2) is 4.79 Å². The van der Waals surface area contributed by atoms with Crippen molar-refractivity contribution in [2.75, 3.05) is 24.3 Å². The molecule has 1 fully saturated rings. The monoisotopic (exact) mass is 382 g/mol. The van der Waals surface area contributed by atoms with Crippen LogP contribution in [-0.2, 0) is 4.74 Å². The molecule has 3 aromatic rings. The van der Waals surface area contributed by atoms with Crippen molar-refractivity contribution < 1.29 is 14.6 Å². The number of carbonyl (C=O) groups excluding carboxylic acids is 1. The SMILES string of the molecule is CSc1ccccc1-c1cc2ccc(N3CC(CO)OC3=O)cc2c(=O)[nH]1. The number of thioether (sulfide) groups is 1. The largest absolute Gasteiger partial charge is 0.441 e. The van der Waals surface area contributed by atoms with Crippen molar-refractivity contribution in [2.24, 2.45) is 0 Å². The molecule has 1 aromatic heterocycles. The van der Waals surface area contributed by atoms with E-state index in [2.05, 4.69) is 4.98 Å². The number of amides is 1. The molecule has 1 unspecified atom stereocenters. The maximum absolute atomic E-state index is 12.7. The Labute approximate surface area is 159 Å². The van der Waals surface area contributed by atoms with Crippen LogP contribution in [0, 0.1) is 0 Å². The number of benzene rings is 2. The summed E-state index contributed by atoms with van der Waals surface area (Å²) >= 11 is 1.62. The summed E-state index contributed by atoms with van der Waals surface area (Å²) in [6.45, 7) is 0.0343. The molecule has 6 nitrogen and oxygen atoms in total. The number of cyclic esters (lactones) is 1. The number of nitrogens with zero attached hydrogens (tertiary/aromatic N) is 1. The van der Waals surface area contributed by atoms with Crippen molar-refractivity contribution in [3.63, 3.8) is 0 Å². The molecule has 2 heterocycles. The number of carbonyl (C=O) groups is 1. The molecule has 4 rings (SSSR count). The summed E-state index contributed by atoms with van der Waals surface area (Å²) in [5.74, 6) is 0. The highest BCUT2D eigenvalue weighted by molar-refractivity contribution is 7.98. The van der Waals surface area contributed by atoms with Gasteiger partial charge in [-0.2, -0.15) is 0 Å². The molecule has 2 aromatic carbocycles. The summed E-state index contributed by atoms with van der Waals surface area (Å²) in [7, 11) is 0. The normalized spacial score (nSPS) is 16.7. The maximum Gasteiger partial charge on any atom is 0.414 e. The number of ether oxygens (including phenoxy) is 1. The molecular formula is C20H18N2O4S. The second-order valence-corrected chi connectivity index (χ2v) is 7.13. The number of pyridine rings is 1. The Morgan fingerprint density at radius 1 is 1.22 bits per heavy atom. The summed E-state index contributed by atoms with van der Waals surface area (Å²) in [4.78, 5) is 30.1. The van der Waals surface area contributed by atoms with E-state index in [1.165, 1.54) is 4.90 Å². The van der Waals surface area contributed by atoms with Crippen LogP contribution in [0.25, 0.3) is 22.0 Å². The Morgan fingerprint density at radius 2 is 2.04 bits per heavy atom. The summed E-state index contributed by atoms with van der Waals surface area (Å²) in [6.07, 6.45) is 0.936. The van der Waals surface area contributed by atoms with Crippen LogP contribution in [0.2, 0.25) is 0 Å². The lowest BCUT2D eigenvalue weighted by molar-refractivity contribution is 0.0963. The number of anilines is 1. The van der Waals surface area contributed by atoms with E-state index in [4.69, 9.17) is 4.74 Å². The van der Waals surface area contributed by atoms with Crippen molar-refractivity contribution in [2.45, 2.75) is 11.0 Å². The molecule has 0 saturated carbocycles. The fraction of sp³-hybridized carbons (Fsp3) is 0.200. The summed E-state index contributed by atoms with van der Waals surface area (Å²) < 4.78 is 5.07. The van der Waals surface area contributed by atoms with E-state index in [0.29, 0.717) is 11.1 Å². The zero-order chi connectivity index (χ0) is 19.0. The first kappa shape index (κ1) is 17.6. The smallest absolute Gasteiger partial charge is 0.414 e. The Morgan fingerprint density at radius 3 is 2.78 bits per heavy atom. The zero-order valence-electron chi connectivity index (χ0n) is 14.6. The summed E-state index contributed by atoms with van der Waals surface area (Å²) in [6, 6.07) is 15.1. The van der Waals surface area contributed by atoms with Crippen LogP contribution in [0.4, 0.5) is 10.5 Å². The van der Waals surface area contributed by atoms with Crippen molar-refractivity contribution in [1.29, 1.82) is 0 Å². The second-order valence-electron chi connectivity index (χ2n) is 6.28. The molecule has 0 bridgehead atoms. The van der Waals surface area contributed by atoms with Gasteiger partial charge in [0.25, 0.3) is 5.56 Å². The number of nitrogens with one attached hydrogen (secondary N) is 1. The van der Waals surface area contributed by atoms with Gasteiger partial charge >= 0.3 is 6.09 Å². The number of aromatic amines is 1. The van der Waals surface area contributed by atoms with Crippen molar-refractivity contribution in [3.8, 4) is 11.3 Å². The van der Waals surface area contributed by atoms with Gasteiger partial charge in [-0.3, -0.25) is 9.69 Å². The van der Waals surface area contributed by atoms with Crippen molar-refractivity contribution in [3.05, 3.63) is 58.9 Å². The van der Waals surface area contributed by atoms with E-state index in [0.717, 1.165) is 21.5 Å². The maximum atomic E-state index is 12.7. The average Bonchev–Trinajstić information content (AvgIpc) is 3.08. The molecule has 0 radical (unpaired) electrons. The number of H-pyrrole nitrogens is 1. The van der Waals surface area contributed by atoms with Gasteiger partial charge in [-0.05, 0) is 35.9 Å². The molecular weight excluding hydrogens is 364 g/mol. The predicted octanol–water partition coefficient (Wildman–Crippen LogP) is 3.23. The highest BCUT2D eigenvalue weighted by Crippen LogP contribution is 2.30. The first-order valence-corrected chi connectivity index (χ1v) is 9.72. The predicted molar refractivity (Wildman–Crippen MR) is 106 cm³/mol. The van der Waals surface area contributed by atoms with Crippen LogP contribution in [0.1, 0.15) is 0 Å². The lowest BCUT2D eigenvalue weighted by atomic mass is 10.1. The Balaban J connectivity index is 1.77. The number of aliphatic hydroxyl groups excluding tert-OH is 1.